The number of aryl methyl sites for hydroxylation is 1. The van der Waals surface area contributed by atoms with Gasteiger partial charge in [-0.2, -0.15) is 0 Å². The van der Waals surface area contributed by atoms with Crippen molar-refractivity contribution in [3.63, 3.8) is 0 Å². The molecular weight excluding hydrogens is 506 g/mol. The van der Waals surface area contributed by atoms with Crippen LogP contribution in [0.15, 0.2) is 72.7 Å². The standard InChI is InChI=1S/C29H29N9O2/c1-18-16-38(29(39)22(18)11-12-36(2)3)27-14-23-25(15-30-27)31-17-32-28(23)33-19-5-7-20(8-6-19)40-21-9-10-26-24(13-21)34-35-37(26)4/h5-11,13-15,17-18H,12,16H2,1-4H3,(H,31,32,33)/b22-11+/t18-/m1/s1. The number of anilines is 3. The van der Waals surface area contributed by atoms with Crippen molar-refractivity contribution in [2.24, 2.45) is 13.0 Å². The molecule has 1 aliphatic rings. The first-order valence-electron chi connectivity index (χ1n) is 13.0. The molecule has 0 aliphatic carbocycles. The van der Waals surface area contributed by atoms with Crippen molar-refractivity contribution in [3.8, 4) is 11.5 Å². The summed E-state index contributed by atoms with van der Waals surface area (Å²) in [5.74, 6) is 2.69. The zero-order valence-corrected chi connectivity index (χ0v) is 22.7. The normalized spacial score (nSPS) is 16.5. The number of nitrogens with zero attached hydrogens (tertiary/aromatic N) is 8. The molecule has 4 heterocycles. The van der Waals surface area contributed by atoms with Crippen molar-refractivity contribution in [2.45, 2.75) is 6.92 Å². The first-order valence-corrected chi connectivity index (χ1v) is 13.0. The van der Waals surface area contributed by atoms with E-state index in [4.69, 9.17) is 4.74 Å². The minimum atomic E-state index is -0.0124. The first-order chi connectivity index (χ1) is 19.4. The van der Waals surface area contributed by atoms with Crippen LogP contribution in [0.25, 0.3) is 21.9 Å². The average molecular weight is 536 g/mol. The first kappa shape index (κ1) is 25.4. The summed E-state index contributed by atoms with van der Waals surface area (Å²) in [5, 5.41) is 12.3. The average Bonchev–Trinajstić information content (AvgIpc) is 3.46. The highest BCUT2D eigenvalue weighted by Crippen LogP contribution is 2.32. The van der Waals surface area contributed by atoms with Crippen LogP contribution in [0.5, 0.6) is 11.5 Å². The molecule has 1 amide bonds. The summed E-state index contributed by atoms with van der Waals surface area (Å²) in [6.45, 7) is 3.36. The quantitative estimate of drug-likeness (QED) is 0.304. The number of ether oxygens (including phenoxy) is 1. The Morgan fingerprint density at radius 2 is 1.85 bits per heavy atom. The van der Waals surface area contributed by atoms with E-state index in [1.807, 2.05) is 80.6 Å². The third-order valence-corrected chi connectivity index (χ3v) is 6.87. The molecule has 40 heavy (non-hydrogen) atoms. The molecule has 11 heteroatoms. The number of aromatic nitrogens is 6. The van der Waals surface area contributed by atoms with E-state index in [1.54, 1.807) is 15.8 Å². The van der Waals surface area contributed by atoms with Gasteiger partial charge in [-0.1, -0.05) is 18.2 Å². The van der Waals surface area contributed by atoms with Gasteiger partial charge < -0.3 is 15.0 Å². The highest BCUT2D eigenvalue weighted by atomic mass is 16.5. The summed E-state index contributed by atoms with van der Waals surface area (Å²) in [6.07, 6.45) is 5.19. The number of hydrogen-bond donors (Lipinski definition) is 1. The zero-order valence-electron chi connectivity index (χ0n) is 22.7. The van der Waals surface area contributed by atoms with Gasteiger partial charge in [0.2, 0.25) is 0 Å². The topological polar surface area (TPSA) is 114 Å². The van der Waals surface area contributed by atoms with E-state index in [0.717, 1.165) is 27.7 Å². The van der Waals surface area contributed by atoms with Gasteiger partial charge in [0, 0.05) is 48.8 Å². The summed E-state index contributed by atoms with van der Waals surface area (Å²) in [6, 6.07) is 15.2. The van der Waals surface area contributed by atoms with E-state index in [9.17, 15) is 4.79 Å². The summed E-state index contributed by atoms with van der Waals surface area (Å²) >= 11 is 0. The lowest BCUT2D eigenvalue weighted by Gasteiger charge is -2.16. The predicted molar refractivity (Wildman–Crippen MR) is 154 cm³/mol. The maximum absolute atomic E-state index is 13.2. The second-order valence-electron chi connectivity index (χ2n) is 10.1. The number of benzene rings is 2. The van der Waals surface area contributed by atoms with Crippen molar-refractivity contribution < 1.29 is 9.53 Å². The van der Waals surface area contributed by atoms with Crippen LogP contribution >= 0.6 is 0 Å². The highest BCUT2D eigenvalue weighted by molar-refractivity contribution is 6.09. The largest absolute Gasteiger partial charge is 0.457 e. The number of nitrogens with one attached hydrogen (secondary N) is 1. The summed E-state index contributed by atoms with van der Waals surface area (Å²) < 4.78 is 7.74. The van der Waals surface area contributed by atoms with Crippen LogP contribution in [-0.2, 0) is 11.8 Å². The smallest absolute Gasteiger partial charge is 0.255 e. The molecule has 1 fully saturated rings. The number of likely N-dealkylation sites (N-methyl/N-ethyl adjacent to an activating group) is 1. The highest BCUT2D eigenvalue weighted by Gasteiger charge is 2.33. The van der Waals surface area contributed by atoms with Gasteiger partial charge >= 0.3 is 0 Å². The van der Waals surface area contributed by atoms with Crippen molar-refractivity contribution in [1.82, 2.24) is 34.8 Å². The van der Waals surface area contributed by atoms with Gasteiger partial charge in [-0.3, -0.25) is 9.69 Å². The lowest BCUT2D eigenvalue weighted by molar-refractivity contribution is -0.114. The van der Waals surface area contributed by atoms with E-state index in [1.165, 1.54) is 6.33 Å². The number of carbonyl (C=O) groups excluding carboxylic acids is 1. The minimum absolute atomic E-state index is 0.0124. The number of amides is 1. The van der Waals surface area contributed by atoms with Gasteiger partial charge in [0.05, 0.1) is 17.2 Å². The zero-order chi connectivity index (χ0) is 27.8. The van der Waals surface area contributed by atoms with Crippen LogP contribution in [0.1, 0.15) is 6.92 Å². The summed E-state index contributed by atoms with van der Waals surface area (Å²) in [7, 11) is 5.83. The summed E-state index contributed by atoms with van der Waals surface area (Å²) in [4.78, 5) is 30.4. The second-order valence-corrected chi connectivity index (χ2v) is 10.1. The predicted octanol–water partition coefficient (Wildman–Crippen LogP) is 4.31. The number of carbonyl (C=O) groups is 1. The molecule has 202 valence electrons. The maximum atomic E-state index is 13.2. The van der Waals surface area contributed by atoms with Crippen molar-refractivity contribution in [1.29, 1.82) is 0 Å². The molecule has 2 aromatic carbocycles. The van der Waals surface area contributed by atoms with Crippen LogP contribution in [-0.4, -0.2) is 67.9 Å². The van der Waals surface area contributed by atoms with Crippen LogP contribution in [0.3, 0.4) is 0 Å². The van der Waals surface area contributed by atoms with Crippen LogP contribution < -0.4 is 15.0 Å². The fourth-order valence-electron chi connectivity index (χ4n) is 4.75. The molecule has 1 aliphatic heterocycles. The fraction of sp³-hybridized carbons (Fsp3) is 0.241. The van der Waals surface area contributed by atoms with Gasteiger partial charge in [-0.15, -0.1) is 5.10 Å². The molecule has 0 bridgehead atoms. The Morgan fingerprint density at radius 1 is 1.05 bits per heavy atom. The Kier molecular flexibility index (Phi) is 6.56. The molecule has 0 saturated carbocycles. The number of fused-ring (bicyclic) bond motifs is 2. The molecule has 1 saturated heterocycles. The monoisotopic (exact) mass is 535 g/mol. The van der Waals surface area contributed by atoms with Crippen LogP contribution in [0.2, 0.25) is 0 Å². The molecular formula is C29H29N9O2. The minimum Gasteiger partial charge on any atom is -0.457 e. The third kappa shape index (κ3) is 4.94. The van der Waals surface area contributed by atoms with Gasteiger partial charge in [0.25, 0.3) is 5.91 Å². The van der Waals surface area contributed by atoms with Crippen molar-refractivity contribution in [3.05, 3.63) is 72.7 Å². The Labute approximate surface area is 231 Å². The molecule has 0 unspecified atom stereocenters. The fourth-order valence-corrected chi connectivity index (χ4v) is 4.75. The lowest BCUT2D eigenvalue weighted by atomic mass is 10.0. The van der Waals surface area contributed by atoms with E-state index in [2.05, 4.69) is 37.5 Å². The second kappa shape index (κ2) is 10.3. The molecule has 1 atom stereocenters. The third-order valence-electron chi connectivity index (χ3n) is 6.87. The maximum Gasteiger partial charge on any atom is 0.255 e. The Morgan fingerprint density at radius 3 is 2.65 bits per heavy atom. The van der Waals surface area contributed by atoms with Crippen molar-refractivity contribution in [2.75, 3.05) is 37.4 Å². The molecule has 3 aromatic heterocycles. The van der Waals surface area contributed by atoms with Crippen LogP contribution in [0.4, 0.5) is 17.3 Å². The van der Waals surface area contributed by atoms with Gasteiger partial charge in [-0.25, -0.2) is 19.6 Å². The summed E-state index contributed by atoms with van der Waals surface area (Å²) in [5.41, 5.74) is 4.04. The van der Waals surface area contributed by atoms with E-state index >= 15 is 0 Å². The van der Waals surface area contributed by atoms with E-state index in [-0.39, 0.29) is 11.8 Å². The van der Waals surface area contributed by atoms with Crippen molar-refractivity contribution >= 4 is 45.2 Å². The number of hydrogen-bond acceptors (Lipinski definition) is 9. The molecule has 0 spiro atoms. The van der Waals surface area contributed by atoms with Crippen LogP contribution in [0, 0.1) is 5.92 Å². The van der Waals surface area contributed by atoms with Gasteiger partial charge in [-0.05, 0) is 56.6 Å². The Bertz CT molecular complexity index is 1740. The number of rotatable bonds is 7. The lowest BCUT2D eigenvalue weighted by Crippen LogP contribution is -2.26. The SMILES string of the molecule is C[C@@H]1CN(c2cc3c(Nc4ccc(Oc5ccc6c(c5)nnn6C)cc4)ncnc3cn2)C(=O)/C1=C/CN(C)C. The van der Waals surface area contributed by atoms with Gasteiger partial charge in [0.1, 0.15) is 35.0 Å². The Hall–Kier alpha value is -4.90. The molecule has 1 N–H and O–H groups in total. The molecule has 0 radical (unpaired) electrons. The molecule has 11 nitrogen and oxygen atoms in total. The van der Waals surface area contributed by atoms with Gasteiger partial charge in [0.15, 0.2) is 0 Å². The number of pyridine rings is 1. The molecule has 5 aromatic rings. The van der Waals surface area contributed by atoms with E-state index in [0.29, 0.717) is 41.7 Å². The van der Waals surface area contributed by atoms with E-state index < -0.39 is 0 Å². The Balaban J connectivity index is 1.21. The molecule has 6 rings (SSSR count).